The number of nitrogens with one attached hydrogen (secondary N) is 1. The van der Waals surface area contributed by atoms with Crippen molar-refractivity contribution in [2.24, 2.45) is 0 Å². The number of anilines is 1. The SMILES string of the molecule is Cc1cnc(C)c(N2CCN(C(=O)c3cccc([C@H]4CCCNC4)c3)CC2)n1. The molecule has 4 rings (SSSR count). The molecule has 148 valence electrons. The van der Waals surface area contributed by atoms with E-state index in [9.17, 15) is 4.79 Å². The van der Waals surface area contributed by atoms with Gasteiger partial charge in [0.15, 0.2) is 0 Å². The van der Waals surface area contributed by atoms with Crippen molar-refractivity contribution in [1.82, 2.24) is 20.2 Å². The molecule has 0 radical (unpaired) electrons. The lowest BCUT2D eigenvalue weighted by Gasteiger charge is -2.36. The van der Waals surface area contributed by atoms with Gasteiger partial charge in [-0.25, -0.2) is 4.98 Å². The van der Waals surface area contributed by atoms with E-state index in [2.05, 4.69) is 32.3 Å². The van der Waals surface area contributed by atoms with E-state index in [1.165, 1.54) is 18.4 Å². The number of rotatable bonds is 3. The molecule has 2 saturated heterocycles. The molecule has 1 amide bonds. The van der Waals surface area contributed by atoms with Crippen molar-refractivity contribution in [3.05, 3.63) is 53.0 Å². The minimum atomic E-state index is 0.136. The molecular weight excluding hydrogens is 350 g/mol. The third-order valence-corrected chi connectivity index (χ3v) is 5.82. The van der Waals surface area contributed by atoms with Gasteiger partial charge in [0.2, 0.25) is 0 Å². The average molecular weight is 380 g/mol. The molecule has 6 nitrogen and oxygen atoms in total. The van der Waals surface area contributed by atoms with Gasteiger partial charge in [-0.05, 0) is 56.8 Å². The van der Waals surface area contributed by atoms with E-state index in [-0.39, 0.29) is 5.91 Å². The van der Waals surface area contributed by atoms with E-state index in [4.69, 9.17) is 0 Å². The molecule has 3 heterocycles. The van der Waals surface area contributed by atoms with Gasteiger partial charge in [-0.15, -0.1) is 0 Å². The van der Waals surface area contributed by atoms with E-state index < -0.39 is 0 Å². The maximum absolute atomic E-state index is 13.1. The van der Waals surface area contributed by atoms with Gasteiger partial charge in [-0.3, -0.25) is 9.78 Å². The van der Waals surface area contributed by atoms with E-state index in [1.54, 1.807) is 6.20 Å². The monoisotopic (exact) mass is 379 g/mol. The fourth-order valence-electron chi connectivity index (χ4n) is 4.19. The number of hydrogen-bond donors (Lipinski definition) is 1. The van der Waals surface area contributed by atoms with Crippen molar-refractivity contribution in [2.45, 2.75) is 32.6 Å². The Labute approximate surface area is 167 Å². The second-order valence-electron chi connectivity index (χ2n) is 7.87. The molecule has 28 heavy (non-hydrogen) atoms. The normalized spacial score (nSPS) is 20.3. The van der Waals surface area contributed by atoms with Crippen LogP contribution >= 0.6 is 0 Å². The number of carbonyl (C=O) groups is 1. The zero-order chi connectivity index (χ0) is 19.5. The van der Waals surface area contributed by atoms with Crippen LogP contribution in [0.4, 0.5) is 5.82 Å². The van der Waals surface area contributed by atoms with Crippen LogP contribution in [0.3, 0.4) is 0 Å². The second-order valence-corrected chi connectivity index (χ2v) is 7.87. The molecule has 1 aromatic heterocycles. The first-order chi connectivity index (χ1) is 13.6. The van der Waals surface area contributed by atoms with Gasteiger partial charge in [0.1, 0.15) is 5.82 Å². The lowest BCUT2D eigenvalue weighted by atomic mass is 9.90. The van der Waals surface area contributed by atoms with Gasteiger partial charge in [0.05, 0.1) is 11.4 Å². The smallest absolute Gasteiger partial charge is 0.253 e. The summed E-state index contributed by atoms with van der Waals surface area (Å²) in [4.78, 5) is 26.3. The molecule has 0 unspecified atom stereocenters. The lowest BCUT2D eigenvalue weighted by Crippen LogP contribution is -2.49. The van der Waals surface area contributed by atoms with Crippen molar-refractivity contribution in [3.8, 4) is 0 Å². The Morgan fingerprint density at radius 3 is 2.75 bits per heavy atom. The Bertz CT molecular complexity index is 839. The van der Waals surface area contributed by atoms with E-state index in [0.717, 1.165) is 48.9 Å². The topological polar surface area (TPSA) is 61.4 Å². The first kappa shape index (κ1) is 18.9. The first-order valence-electron chi connectivity index (χ1n) is 10.3. The third-order valence-electron chi connectivity index (χ3n) is 5.82. The second kappa shape index (κ2) is 8.27. The molecule has 1 atom stereocenters. The maximum atomic E-state index is 13.1. The summed E-state index contributed by atoms with van der Waals surface area (Å²) in [5.41, 5.74) is 3.96. The number of piperidine rings is 1. The predicted octanol–water partition coefficient (Wildman–Crippen LogP) is 2.52. The van der Waals surface area contributed by atoms with Gasteiger partial charge >= 0.3 is 0 Å². The summed E-state index contributed by atoms with van der Waals surface area (Å²) in [5, 5.41) is 3.46. The van der Waals surface area contributed by atoms with E-state index in [0.29, 0.717) is 19.0 Å². The molecule has 2 fully saturated rings. The Kier molecular flexibility index (Phi) is 5.57. The highest BCUT2D eigenvalue weighted by Crippen LogP contribution is 2.25. The van der Waals surface area contributed by atoms with Crippen LogP contribution in [0.2, 0.25) is 0 Å². The number of nitrogens with zero attached hydrogens (tertiary/aromatic N) is 4. The Morgan fingerprint density at radius 1 is 1.18 bits per heavy atom. The average Bonchev–Trinajstić information content (AvgIpc) is 2.76. The largest absolute Gasteiger partial charge is 0.352 e. The van der Waals surface area contributed by atoms with Gasteiger partial charge in [-0.1, -0.05) is 12.1 Å². The van der Waals surface area contributed by atoms with Crippen LogP contribution in [-0.2, 0) is 0 Å². The van der Waals surface area contributed by atoms with Crippen LogP contribution in [0.1, 0.15) is 46.1 Å². The van der Waals surface area contributed by atoms with Crippen LogP contribution in [0.25, 0.3) is 0 Å². The number of hydrogen-bond acceptors (Lipinski definition) is 5. The van der Waals surface area contributed by atoms with E-state index in [1.807, 2.05) is 30.9 Å². The highest BCUT2D eigenvalue weighted by atomic mass is 16.2. The fourth-order valence-corrected chi connectivity index (χ4v) is 4.19. The summed E-state index contributed by atoms with van der Waals surface area (Å²) in [6.45, 7) is 9.06. The van der Waals surface area contributed by atoms with Crippen LogP contribution in [0.15, 0.2) is 30.5 Å². The third kappa shape index (κ3) is 4.02. The van der Waals surface area contributed by atoms with Crippen molar-refractivity contribution >= 4 is 11.7 Å². The zero-order valence-corrected chi connectivity index (χ0v) is 16.8. The summed E-state index contributed by atoms with van der Waals surface area (Å²) in [5.74, 6) is 1.59. The molecule has 2 aromatic rings. The van der Waals surface area contributed by atoms with Crippen LogP contribution in [0, 0.1) is 13.8 Å². The van der Waals surface area contributed by atoms with Gasteiger partial charge in [-0.2, -0.15) is 0 Å². The van der Waals surface area contributed by atoms with Gasteiger partial charge < -0.3 is 15.1 Å². The van der Waals surface area contributed by atoms with Crippen molar-refractivity contribution < 1.29 is 4.79 Å². The quantitative estimate of drug-likeness (QED) is 0.888. The Balaban J connectivity index is 1.42. The lowest BCUT2D eigenvalue weighted by molar-refractivity contribution is 0.0746. The Hall–Kier alpha value is -2.47. The zero-order valence-electron chi connectivity index (χ0n) is 16.8. The Morgan fingerprint density at radius 2 is 2.00 bits per heavy atom. The highest BCUT2D eigenvalue weighted by Gasteiger charge is 2.25. The molecule has 1 N–H and O–H groups in total. The number of aromatic nitrogens is 2. The summed E-state index contributed by atoms with van der Waals surface area (Å²) in [7, 11) is 0. The summed E-state index contributed by atoms with van der Waals surface area (Å²) in [6, 6.07) is 8.23. The van der Waals surface area contributed by atoms with Gasteiger partial charge in [0, 0.05) is 44.5 Å². The molecule has 0 bridgehead atoms. The molecular formula is C22H29N5O. The number of piperazine rings is 1. The number of amides is 1. The van der Waals surface area contributed by atoms with Gasteiger partial charge in [0.25, 0.3) is 5.91 Å². The fraction of sp³-hybridized carbons (Fsp3) is 0.500. The number of aryl methyl sites for hydroxylation is 2. The minimum Gasteiger partial charge on any atom is -0.352 e. The molecule has 0 aliphatic carbocycles. The predicted molar refractivity (Wildman–Crippen MR) is 111 cm³/mol. The van der Waals surface area contributed by atoms with Crippen LogP contribution in [-0.4, -0.2) is 60.0 Å². The molecule has 0 saturated carbocycles. The summed E-state index contributed by atoms with van der Waals surface area (Å²) < 4.78 is 0. The van der Waals surface area contributed by atoms with Crippen molar-refractivity contribution in [2.75, 3.05) is 44.2 Å². The van der Waals surface area contributed by atoms with E-state index >= 15 is 0 Å². The van der Waals surface area contributed by atoms with Crippen LogP contribution in [0.5, 0.6) is 0 Å². The van der Waals surface area contributed by atoms with Crippen molar-refractivity contribution in [3.63, 3.8) is 0 Å². The number of carbonyl (C=O) groups excluding carboxylic acids is 1. The van der Waals surface area contributed by atoms with Crippen LogP contribution < -0.4 is 10.2 Å². The molecule has 2 aliphatic heterocycles. The first-order valence-corrected chi connectivity index (χ1v) is 10.3. The summed E-state index contributed by atoms with van der Waals surface area (Å²) in [6.07, 6.45) is 4.19. The summed E-state index contributed by atoms with van der Waals surface area (Å²) >= 11 is 0. The molecule has 1 aromatic carbocycles. The van der Waals surface area contributed by atoms with Crippen molar-refractivity contribution in [1.29, 1.82) is 0 Å². The highest BCUT2D eigenvalue weighted by molar-refractivity contribution is 5.94. The minimum absolute atomic E-state index is 0.136. The maximum Gasteiger partial charge on any atom is 0.253 e. The standard InChI is InChI=1S/C22H29N5O/c1-16-14-24-17(2)21(25-16)26-9-11-27(12-10-26)22(28)19-6-3-5-18(13-19)20-7-4-8-23-15-20/h3,5-6,13-14,20,23H,4,7-12,15H2,1-2H3/t20-/m0/s1. The molecule has 0 spiro atoms. The molecule has 2 aliphatic rings. The number of benzene rings is 1. The molecule has 6 heteroatoms.